The molecular weight excluding hydrogens is 287 g/mol. The molecule has 0 aliphatic rings. The Hall–Kier alpha value is -2.69. The van der Waals surface area contributed by atoms with Crippen molar-refractivity contribution >= 4 is 11.9 Å². The summed E-state index contributed by atoms with van der Waals surface area (Å²) in [7, 11) is 0. The molecule has 114 valence electrons. The van der Waals surface area contributed by atoms with E-state index in [4.69, 9.17) is 4.74 Å². The Balaban J connectivity index is 2.15. The maximum atomic E-state index is 14.2. The zero-order valence-electron chi connectivity index (χ0n) is 12.2. The predicted octanol–water partition coefficient (Wildman–Crippen LogP) is 3.56. The van der Waals surface area contributed by atoms with Crippen LogP contribution in [0.4, 0.5) is 4.39 Å². The molecule has 0 saturated carbocycles. The zero-order chi connectivity index (χ0) is 16.1. The lowest BCUT2D eigenvalue weighted by Gasteiger charge is -2.13. The monoisotopic (exact) mass is 302 g/mol. The summed E-state index contributed by atoms with van der Waals surface area (Å²) in [6.07, 6.45) is -1.03. The number of esters is 2. The lowest BCUT2D eigenvalue weighted by atomic mass is 10.0. The van der Waals surface area contributed by atoms with E-state index in [0.29, 0.717) is 11.1 Å². The van der Waals surface area contributed by atoms with Gasteiger partial charge in [0.1, 0.15) is 5.82 Å². The van der Waals surface area contributed by atoms with Gasteiger partial charge in [0.2, 0.25) is 6.29 Å². The van der Waals surface area contributed by atoms with Crippen molar-refractivity contribution in [3.8, 4) is 11.1 Å². The molecular formula is C17H15FO4. The van der Waals surface area contributed by atoms with Crippen molar-refractivity contribution in [1.82, 2.24) is 0 Å². The quantitative estimate of drug-likeness (QED) is 0.640. The van der Waals surface area contributed by atoms with Gasteiger partial charge in [-0.2, -0.15) is 0 Å². The number of hydrogen-bond donors (Lipinski definition) is 0. The van der Waals surface area contributed by atoms with Crippen LogP contribution in [0.15, 0.2) is 48.5 Å². The highest BCUT2D eigenvalue weighted by atomic mass is 19.1. The SMILES string of the molecule is CC(=O)OC(C)OC(=O)c1ccc(-c2ccccc2)c(F)c1. The normalized spacial score (nSPS) is 11.6. The van der Waals surface area contributed by atoms with Crippen LogP contribution in [0.1, 0.15) is 24.2 Å². The fourth-order valence-corrected chi connectivity index (χ4v) is 1.97. The molecule has 5 heteroatoms. The van der Waals surface area contributed by atoms with E-state index in [2.05, 4.69) is 4.74 Å². The fraction of sp³-hybridized carbons (Fsp3) is 0.176. The van der Waals surface area contributed by atoms with Gasteiger partial charge in [0.05, 0.1) is 5.56 Å². The summed E-state index contributed by atoms with van der Waals surface area (Å²) >= 11 is 0. The van der Waals surface area contributed by atoms with Crippen LogP contribution in [-0.4, -0.2) is 18.2 Å². The molecule has 2 aromatic carbocycles. The molecule has 1 unspecified atom stereocenters. The summed E-state index contributed by atoms with van der Waals surface area (Å²) < 4.78 is 23.7. The molecule has 0 aromatic heterocycles. The molecule has 0 bridgehead atoms. The van der Waals surface area contributed by atoms with Crippen molar-refractivity contribution in [2.24, 2.45) is 0 Å². The molecule has 0 radical (unpaired) electrons. The first-order valence-corrected chi connectivity index (χ1v) is 6.70. The first-order valence-electron chi connectivity index (χ1n) is 6.70. The minimum atomic E-state index is -1.03. The van der Waals surface area contributed by atoms with E-state index in [1.807, 2.05) is 6.07 Å². The summed E-state index contributed by atoms with van der Waals surface area (Å²) in [4.78, 5) is 22.6. The fourth-order valence-electron chi connectivity index (χ4n) is 1.97. The Bertz CT molecular complexity index is 682. The molecule has 22 heavy (non-hydrogen) atoms. The highest BCUT2D eigenvalue weighted by molar-refractivity contribution is 5.90. The summed E-state index contributed by atoms with van der Waals surface area (Å²) in [5.74, 6) is -1.85. The number of carbonyl (C=O) groups excluding carboxylic acids is 2. The molecule has 0 amide bonds. The smallest absolute Gasteiger partial charge is 0.341 e. The number of hydrogen-bond acceptors (Lipinski definition) is 4. The van der Waals surface area contributed by atoms with Crippen LogP contribution in [0.25, 0.3) is 11.1 Å². The topological polar surface area (TPSA) is 52.6 Å². The highest BCUT2D eigenvalue weighted by Gasteiger charge is 2.16. The third kappa shape index (κ3) is 3.91. The Morgan fingerprint density at radius 1 is 1.05 bits per heavy atom. The first kappa shape index (κ1) is 15.7. The molecule has 1 atom stereocenters. The van der Waals surface area contributed by atoms with Gasteiger partial charge in [0.15, 0.2) is 0 Å². The lowest BCUT2D eigenvalue weighted by Crippen LogP contribution is -2.20. The third-order valence-electron chi connectivity index (χ3n) is 2.89. The summed E-state index contributed by atoms with van der Waals surface area (Å²) in [6, 6.07) is 13.1. The number of rotatable bonds is 4. The predicted molar refractivity (Wildman–Crippen MR) is 78.5 cm³/mol. The van der Waals surface area contributed by atoms with Gasteiger partial charge in [-0.1, -0.05) is 36.4 Å². The Labute approximate surface area is 127 Å². The van der Waals surface area contributed by atoms with Gasteiger partial charge in [0.25, 0.3) is 0 Å². The van der Waals surface area contributed by atoms with Gasteiger partial charge in [-0.25, -0.2) is 9.18 Å². The molecule has 4 nitrogen and oxygen atoms in total. The van der Waals surface area contributed by atoms with E-state index >= 15 is 0 Å². The number of benzene rings is 2. The lowest BCUT2D eigenvalue weighted by molar-refractivity contribution is -0.162. The summed E-state index contributed by atoms with van der Waals surface area (Å²) in [5.41, 5.74) is 1.16. The van der Waals surface area contributed by atoms with Crippen LogP contribution in [0.5, 0.6) is 0 Å². The van der Waals surface area contributed by atoms with E-state index in [1.165, 1.54) is 26.0 Å². The van der Waals surface area contributed by atoms with Crippen LogP contribution < -0.4 is 0 Å². The molecule has 0 N–H and O–H groups in total. The van der Waals surface area contributed by atoms with Gasteiger partial charge in [-0.05, 0) is 17.7 Å². The van der Waals surface area contributed by atoms with Crippen molar-refractivity contribution in [2.75, 3.05) is 0 Å². The summed E-state index contributed by atoms with van der Waals surface area (Å²) in [6.45, 7) is 2.62. The van der Waals surface area contributed by atoms with Crippen molar-refractivity contribution in [3.05, 3.63) is 59.9 Å². The van der Waals surface area contributed by atoms with E-state index in [0.717, 1.165) is 6.07 Å². The average Bonchev–Trinajstić information content (AvgIpc) is 2.47. The van der Waals surface area contributed by atoms with Crippen LogP contribution in [0, 0.1) is 5.82 Å². The maximum absolute atomic E-state index is 14.2. The Morgan fingerprint density at radius 2 is 1.73 bits per heavy atom. The van der Waals surface area contributed by atoms with Gasteiger partial charge < -0.3 is 9.47 Å². The van der Waals surface area contributed by atoms with Crippen LogP contribution in [0.2, 0.25) is 0 Å². The molecule has 0 fully saturated rings. The zero-order valence-corrected chi connectivity index (χ0v) is 12.2. The number of carbonyl (C=O) groups is 2. The highest BCUT2D eigenvalue weighted by Crippen LogP contribution is 2.23. The first-order chi connectivity index (χ1) is 10.5. The minimum Gasteiger partial charge on any atom is -0.426 e. The molecule has 2 rings (SSSR count). The van der Waals surface area contributed by atoms with Crippen molar-refractivity contribution < 1.29 is 23.5 Å². The second kappa shape index (κ2) is 6.85. The van der Waals surface area contributed by atoms with E-state index in [-0.39, 0.29) is 5.56 Å². The second-order valence-electron chi connectivity index (χ2n) is 4.64. The minimum absolute atomic E-state index is 0.0520. The molecule has 0 heterocycles. The number of ether oxygens (including phenoxy) is 2. The van der Waals surface area contributed by atoms with Gasteiger partial charge in [0, 0.05) is 19.4 Å². The van der Waals surface area contributed by atoms with Crippen molar-refractivity contribution in [3.63, 3.8) is 0 Å². The average molecular weight is 302 g/mol. The maximum Gasteiger partial charge on any atom is 0.341 e. The molecule has 0 aliphatic carbocycles. The molecule has 0 spiro atoms. The van der Waals surface area contributed by atoms with Crippen molar-refractivity contribution in [1.29, 1.82) is 0 Å². The third-order valence-corrected chi connectivity index (χ3v) is 2.89. The Kier molecular flexibility index (Phi) is 4.88. The summed E-state index contributed by atoms with van der Waals surface area (Å²) in [5, 5.41) is 0. The van der Waals surface area contributed by atoms with Gasteiger partial charge >= 0.3 is 11.9 Å². The van der Waals surface area contributed by atoms with Crippen molar-refractivity contribution in [2.45, 2.75) is 20.1 Å². The Morgan fingerprint density at radius 3 is 2.32 bits per heavy atom. The molecule has 2 aromatic rings. The van der Waals surface area contributed by atoms with Gasteiger partial charge in [-0.3, -0.25) is 4.79 Å². The standard InChI is InChI=1S/C17H15FO4/c1-11(19)21-12(2)22-17(20)14-8-9-15(16(18)10-14)13-6-4-3-5-7-13/h3-10,12H,1-2H3. The number of halogens is 1. The van der Waals surface area contributed by atoms with E-state index in [9.17, 15) is 14.0 Å². The second-order valence-corrected chi connectivity index (χ2v) is 4.64. The van der Waals surface area contributed by atoms with E-state index < -0.39 is 24.0 Å². The molecule has 0 saturated heterocycles. The van der Waals surface area contributed by atoms with Crippen LogP contribution in [-0.2, 0) is 14.3 Å². The molecule has 0 aliphatic heterocycles. The van der Waals surface area contributed by atoms with E-state index in [1.54, 1.807) is 24.3 Å². The largest absolute Gasteiger partial charge is 0.426 e. The van der Waals surface area contributed by atoms with Crippen LogP contribution >= 0.6 is 0 Å². The van der Waals surface area contributed by atoms with Gasteiger partial charge in [-0.15, -0.1) is 0 Å². The van der Waals surface area contributed by atoms with Crippen LogP contribution in [0.3, 0.4) is 0 Å².